The van der Waals surface area contributed by atoms with Crippen molar-refractivity contribution in [3.63, 3.8) is 0 Å². The molecule has 0 unspecified atom stereocenters. The second kappa shape index (κ2) is 6.22. The summed E-state index contributed by atoms with van der Waals surface area (Å²) in [5.74, 6) is -0.374. The van der Waals surface area contributed by atoms with Crippen LogP contribution in [0.2, 0.25) is 0 Å². The molecule has 2 fully saturated rings. The fourth-order valence-corrected chi connectivity index (χ4v) is 2.83. The molecule has 0 aromatic heterocycles. The van der Waals surface area contributed by atoms with Crippen LogP contribution in [0, 0.1) is 0 Å². The molecule has 2 saturated heterocycles. The SMILES string of the molecule is C[C@H](NC[C@H]1COC2(CCOCC2)O1)c1ccccc1. The maximum Gasteiger partial charge on any atom is 0.173 e. The largest absolute Gasteiger partial charge is 0.381 e. The molecule has 0 aliphatic carbocycles. The van der Waals surface area contributed by atoms with Crippen molar-refractivity contribution in [1.82, 2.24) is 5.32 Å². The van der Waals surface area contributed by atoms with E-state index >= 15 is 0 Å². The lowest BCUT2D eigenvalue weighted by Gasteiger charge is -2.31. The molecule has 1 N–H and O–H groups in total. The fourth-order valence-electron chi connectivity index (χ4n) is 2.83. The lowest BCUT2D eigenvalue weighted by atomic mass is 10.1. The number of ether oxygens (including phenoxy) is 3. The molecule has 1 spiro atoms. The third-order valence-electron chi connectivity index (χ3n) is 4.12. The van der Waals surface area contributed by atoms with E-state index in [1.165, 1.54) is 5.56 Å². The van der Waals surface area contributed by atoms with Gasteiger partial charge in [-0.2, -0.15) is 0 Å². The zero-order valence-corrected chi connectivity index (χ0v) is 12.0. The molecule has 110 valence electrons. The summed E-state index contributed by atoms with van der Waals surface area (Å²) >= 11 is 0. The second-order valence-electron chi connectivity index (χ2n) is 5.61. The van der Waals surface area contributed by atoms with Crippen molar-refractivity contribution >= 4 is 0 Å². The van der Waals surface area contributed by atoms with Gasteiger partial charge in [-0.15, -0.1) is 0 Å². The third kappa shape index (κ3) is 3.20. The van der Waals surface area contributed by atoms with Gasteiger partial charge in [-0.25, -0.2) is 0 Å². The van der Waals surface area contributed by atoms with Crippen LogP contribution in [0.5, 0.6) is 0 Å². The summed E-state index contributed by atoms with van der Waals surface area (Å²) in [5, 5.41) is 3.53. The highest BCUT2D eigenvalue weighted by molar-refractivity contribution is 5.18. The molecule has 3 rings (SSSR count). The Morgan fingerprint density at radius 1 is 1.25 bits per heavy atom. The summed E-state index contributed by atoms with van der Waals surface area (Å²) < 4.78 is 17.4. The Kier molecular flexibility index (Phi) is 4.36. The molecule has 0 amide bonds. The van der Waals surface area contributed by atoms with Gasteiger partial charge in [0, 0.05) is 25.4 Å². The van der Waals surface area contributed by atoms with Gasteiger partial charge >= 0.3 is 0 Å². The van der Waals surface area contributed by atoms with Crippen LogP contribution in [0.15, 0.2) is 30.3 Å². The van der Waals surface area contributed by atoms with Crippen LogP contribution in [0.3, 0.4) is 0 Å². The average Bonchev–Trinajstić information content (AvgIpc) is 2.89. The van der Waals surface area contributed by atoms with Gasteiger partial charge in [-0.3, -0.25) is 0 Å². The van der Waals surface area contributed by atoms with Crippen molar-refractivity contribution in [1.29, 1.82) is 0 Å². The predicted octanol–water partition coefficient (Wildman–Crippen LogP) is 2.26. The van der Waals surface area contributed by atoms with E-state index in [9.17, 15) is 0 Å². The van der Waals surface area contributed by atoms with E-state index in [2.05, 4.69) is 36.5 Å². The van der Waals surface area contributed by atoms with Crippen molar-refractivity contribution < 1.29 is 14.2 Å². The van der Waals surface area contributed by atoms with Crippen molar-refractivity contribution in [2.75, 3.05) is 26.4 Å². The van der Waals surface area contributed by atoms with Crippen molar-refractivity contribution in [2.45, 2.75) is 37.7 Å². The Morgan fingerprint density at radius 3 is 2.75 bits per heavy atom. The van der Waals surface area contributed by atoms with Gasteiger partial charge in [0.1, 0.15) is 0 Å². The van der Waals surface area contributed by atoms with Crippen LogP contribution in [0.1, 0.15) is 31.4 Å². The van der Waals surface area contributed by atoms with Crippen LogP contribution in [-0.2, 0) is 14.2 Å². The number of benzene rings is 1. The molecule has 0 bridgehead atoms. The maximum atomic E-state index is 6.11. The van der Waals surface area contributed by atoms with Gasteiger partial charge in [-0.05, 0) is 12.5 Å². The van der Waals surface area contributed by atoms with Gasteiger partial charge < -0.3 is 19.5 Å². The Labute approximate surface area is 120 Å². The van der Waals surface area contributed by atoms with E-state index in [1.807, 2.05) is 6.07 Å². The van der Waals surface area contributed by atoms with E-state index < -0.39 is 0 Å². The Bertz CT molecular complexity index is 417. The van der Waals surface area contributed by atoms with E-state index in [4.69, 9.17) is 14.2 Å². The van der Waals surface area contributed by atoms with Gasteiger partial charge in [0.05, 0.1) is 25.9 Å². The second-order valence-corrected chi connectivity index (χ2v) is 5.61. The molecular formula is C16H23NO3. The molecule has 2 aliphatic rings. The number of rotatable bonds is 4. The Balaban J connectivity index is 1.48. The molecule has 0 radical (unpaired) electrons. The lowest BCUT2D eigenvalue weighted by Crippen LogP contribution is -2.39. The molecular weight excluding hydrogens is 254 g/mol. The standard InChI is InChI=1S/C16H23NO3/c1-13(14-5-3-2-4-6-14)17-11-15-12-19-16(20-15)7-9-18-10-8-16/h2-6,13,15,17H,7-12H2,1H3/t13-,15-/m0/s1. The summed E-state index contributed by atoms with van der Waals surface area (Å²) in [7, 11) is 0. The van der Waals surface area contributed by atoms with Gasteiger partial charge in [0.2, 0.25) is 0 Å². The van der Waals surface area contributed by atoms with Gasteiger partial charge in [0.25, 0.3) is 0 Å². The van der Waals surface area contributed by atoms with Crippen molar-refractivity contribution in [3.05, 3.63) is 35.9 Å². The molecule has 2 heterocycles. The first-order valence-electron chi connectivity index (χ1n) is 7.45. The first-order chi connectivity index (χ1) is 9.77. The van der Waals surface area contributed by atoms with E-state index in [1.54, 1.807) is 0 Å². The molecule has 2 atom stereocenters. The molecule has 1 aromatic carbocycles. The Hall–Kier alpha value is -0.940. The van der Waals surface area contributed by atoms with Crippen molar-refractivity contribution in [2.24, 2.45) is 0 Å². The number of nitrogens with one attached hydrogen (secondary N) is 1. The summed E-state index contributed by atoms with van der Waals surface area (Å²) in [6.07, 6.45) is 1.83. The highest BCUT2D eigenvalue weighted by Gasteiger charge is 2.42. The van der Waals surface area contributed by atoms with Crippen LogP contribution < -0.4 is 5.32 Å². The third-order valence-corrected chi connectivity index (χ3v) is 4.12. The van der Waals surface area contributed by atoms with Crippen LogP contribution in [-0.4, -0.2) is 38.3 Å². The van der Waals surface area contributed by atoms with E-state index in [0.717, 1.165) is 32.6 Å². The van der Waals surface area contributed by atoms with Crippen LogP contribution >= 0.6 is 0 Å². The van der Waals surface area contributed by atoms with Crippen molar-refractivity contribution in [3.8, 4) is 0 Å². The molecule has 0 saturated carbocycles. The highest BCUT2D eigenvalue weighted by Crippen LogP contribution is 2.33. The number of hydrogen-bond donors (Lipinski definition) is 1. The quantitative estimate of drug-likeness (QED) is 0.916. The average molecular weight is 277 g/mol. The molecule has 2 aliphatic heterocycles. The first kappa shape index (κ1) is 14.0. The summed E-state index contributed by atoms with van der Waals surface area (Å²) in [5.41, 5.74) is 1.30. The normalized spacial score (nSPS) is 26.8. The summed E-state index contributed by atoms with van der Waals surface area (Å²) in [4.78, 5) is 0. The molecule has 20 heavy (non-hydrogen) atoms. The molecule has 4 heteroatoms. The first-order valence-corrected chi connectivity index (χ1v) is 7.45. The van der Waals surface area contributed by atoms with E-state index in [-0.39, 0.29) is 11.9 Å². The molecule has 1 aromatic rings. The minimum absolute atomic E-state index is 0.138. The van der Waals surface area contributed by atoms with Crippen LogP contribution in [0.25, 0.3) is 0 Å². The van der Waals surface area contributed by atoms with Crippen LogP contribution in [0.4, 0.5) is 0 Å². The lowest BCUT2D eigenvalue weighted by molar-refractivity contribution is -0.210. The molecule has 4 nitrogen and oxygen atoms in total. The zero-order valence-electron chi connectivity index (χ0n) is 12.0. The fraction of sp³-hybridized carbons (Fsp3) is 0.625. The smallest absolute Gasteiger partial charge is 0.173 e. The predicted molar refractivity (Wildman–Crippen MR) is 76.5 cm³/mol. The zero-order chi connectivity index (χ0) is 13.8. The van der Waals surface area contributed by atoms with E-state index in [0.29, 0.717) is 12.6 Å². The number of hydrogen-bond acceptors (Lipinski definition) is 4. The van der Waals surface area contributed by atoms with Gasteiger partial charge in [0.15, 0.2) is 5.79 Å². The summed E-state index contributed by atoms with van der Waals surface area (Å²) in [6, 6.07) is 10.8. The Morgan fingerprint density at radius 2 is 2.00 bits per heavy atom. The van der Waals surface area contributed by atoms with Gasteiger partial charge in [-0.1, -0.05) is 30.3 Å². The highest BCUT2D eigenvalue weighted by atomic mass is 16.7. The summed E-state index contributed by atoms with van der Waals surface area (Å²) in [6.45, 7) is 5.14. The topological polar surface area (TPSA) is 39.7 Å². The minimum atomic E-state index is -0.374. The minimum Gasteiger partial charge on any atom is -0.381 e. The maximum absolute atomic E-state index is 6.11. The monoisotopic (exact) mass is 277 g/mol.